The van der Waals surface area contributed by atoms with Crippen molar-refractivity contribution in [2.75, 3.05) is 25.9 Å². The lowest BCUT2D eigenvalue weighted by molar-refractivity contribution is -0.124. The Balaban J connectivity index is 1.42. The lowest BCUT2D eigenvalue weighted by Gasteiger charge is -2.37. The molecule has 1 aliphatic carbocycles. The third kappa shape index (κ3) is 4.26. The van der Waals surface area contributed by atoms with Gasteiger partial charge in [0.05, 0.1) is 15.6 Å². The van der Waals surface area contributed by atoms with Crippen LogP contribution in [0.2, 0.25) is 0 Å². The number of nitrogens with zero attached hydrogens (tertiary/aromatic N) is 1. The predicted octanol–water partition coefficient (Wildman–Crippen LogP) is 4.19. The maximum absolute atomic E-state index is 14.1. The zero-order chi connectivity index (χ0) is 28.2. The van der Waals surface area contributed by atoms with Gasteiger partial charge in [-0.2, -0.15) is 0 Å². The van der Waals surface area contributed by atoms with Crippen LogP contribution in [-0.4, -0.2) is 42.8 Å². The zero-order valence-electron chi connectivity index (χ0n) is 22.6. The van der Waals surface area contributed by atoms with Gasteiger partial charge in [-0.05, 0) is 86.9 Å². The number of thiophene rings is 1. The zero-order valence-corrected chi connectivity index (χ0v) is 23.4. The first-order chi connectivity index (χ1) is 19.2. The SMILES string of the molecule is Cc1cc(Oc2ccccc2)ccc1C1(N)C(=O)C(N)c2c(C(=O)NC3CCN(C)CC3)sc3c(N)ccc1c23. The first-order valence-electron chi connectivity index (χ1n) is 13.5. The normalized spacial score (nSPS) is 21.5. The van der Waals surface area contributed by atoms with Gasteiger partial charge in [0.25, 0.3) is 5.91 Å². The molecule has 40 heavy (non-hydrogen) atoms. The van der Waals surface area contributed by atoms with Crippen molar-refractivity contribution in [2.24, 2.45) is 11.5 Å². The maximum Gasteiger partial charge on any atom is 0.261 e. The highest BCUT2D eigenvalue weighted by molar-refractivity contribution is 7.21. The van der Waals surface area contributed by atoms with Crippen molar-refractivity contribution in [3.05, 3.63) is 87.8 Å². The van der Waals surface area contributed by atoms with Gasteiger partial charge in [-0.25, -0.2) is 0 Å². The molecule has 1 aliphatic heterocycles. The summed E-state index contributed by atoms with van der Waals surface area (Å²) in [6, 6.07) is 17.5. The lowest BCUT2D eigenvalue weighted by atomic mass is 9.69. The van der Waals surface area contributed by atoms with E-state index in [9.17, 15) is 9.59 Å². The summed E-state index contributed by atoms with van der Waals surface area (Å²) in [6.07, 6.45) is 1.74. The van der Waals surface area contributed by atoms with E-state index in [1.807, 2.05) is 49.4 Å². The Labute approximate surface area is 237 Å². The van der Waals surface area contributed by atoms with Crippen LogP contribution in [0.5, 0.6) is 11.5 Å². The Kier molecular flexibility index (Phi) is 6.62. The van der Waals surface area contributed by atoms with Gasteiger partial charge in [-0.15, -0.1) is 11.3 Å². The van der Waals surface area contributed by atoms with Gasteiger partial charge >= 0.3 is 0 Å². The number of rotatable bonds is 5. The number of hydrogen-bond acceptors (Lipinski definition) is 8. The number of para-hydroxylation sites is 1. The number of anilines is 1. The molecule has 0 bridgehead atoms. The van der Waals surface area contributed by atoms with Crippen LogP contribution in [-0.2, 0) is 10.3 Å². The number of hydrogen-bond donors (Lipinski definition) is 4. The smallest absolute Gasteiger partial charge is 0.261 e. The minimum absolute atomic E-state index is 0.0707. The minimum Gasteiger partial charge on any atom is -0.457 e. The molecule has 6 rings (SSSR count). The van der Waals surface area contributed by atoms with Gasteiger partial charge in [0.15, 0.2) is 5.78 Å². The van der Waals surface area contributed by atoms with Gasteiger partial charge in [0, 0.05) is 22.7 Å². The van der Waals surface area contributed by atoms with Crippen LogP contribution in [0.15, 0.2) is 60.7 Å². The third-order valence-corrected chi connectivity index (χ3v) is 9.43. The summed E-state index contributed by atoms with van der Waals surface area (Å²) in [5.41, 5.74) is 21.7. The molecule has 1 aromatic heterocycles. The van der Waals surface area contributed by atoms with Crippen LogP contribution in [0, 0.1) is 6.92 Å². The highest BCUT2D eigenvalue weighted by Crippen LogP contribution is 2.50. The second-order valence-corrected chi connectivity index (χ2v) is 11.9. The summed E-state index contributed by atoms with van der Waals surface area (Å²) < 4.78 is 6.72. The van der Waals surface area contributed by atoms with E-state index in [1.54, 1.807) is 18.2 Å². The van der Waals surface area contributed by atoms with Gasteiger partial charge in [-0.1, -0.05) is 30.3 Å². The molecular weight excluding hydrogens is 522 g/mol. The van der Waals surface area contributed by atoms with E-state index in [0.29, 0.717) is 44.1 Å². The number of nitrogens with two attached hydrogens (primary N) is 3. The largest absolute Gasteiger partial charge is 0.457 e. The summed E-state index contributed by atoms with van der Waals surface area (Å²) in [5.74, 6) is 0.761. The number of carbonyl (C=O) groups is 2. The fourth-order valence-corrected chi connectivity index (χ4v) is 7.20. The number of nitrogens with one attached hydrogen (secondary N) is 1. The lowest BCUT2D eigenvalue weighted by Crippen LogP contribution is -2.53. The van der Waals surface area contributed by atoms with Crippen LogP contribution in [0.3, 0.4) is 0 Å². The average molecular weight is 556 g/mol. The van der Waals surface area contributed by atoms with E-state index in [0.717, 1.165) is 36.2 Å². The molecule has 1 fully saturated rings. The Hall–Kier alpha value is -3.76. The van der Waals surface area contributed by atoms with Gasteiger partial charge in [-0.3, -0.25) is 9.59 Å². The summed E-state index contributed by atoms with van der Waals surface area (Å²) in [7, 11) is 2.08. The number of ketones is 1. The number of ether oxygens (including phenoxy) is 1. The number of nitrogen functional groups attached to an aromatic ring is 1. The van der Waals surface area contributed by atoms with E-state index in [1.165, 1.54) is 11.3 Å². The van der Waals surface area contributed by atoms with E-state index >= 15 is 0 Å². The van der Waals surface area contributed by atoms with Crippen molar-refractivity contribution in [1.29, 1.82) is 0 Å². The van der Waals surface area contributed by atoms with Crippen molar-refractivity contribution in [3.8, 4) is 11.5 Å². The second kappa shape index (κ2) is 10.0. The number of benzene rings is 3. The molecule has 2 unspecified atom stereocenters. The summed E-state index contributed by atoms with van der Waals surface area (Å²) in [4.78, 5) is 30.3. The number of likely N-dealkylation sites (tertiary alicyclic amines) is 1. The highest BCUT2D eigenvalue weighted by atomic mass is 32.1. The number of Topliss-reactive ketones (excluding diaryl/α,β-unsaturated/α-hetero) is 1. The Morgan fingerprint density at radius 2 is 1.75 bits per heavy atom. The van der Waals surface area contributed by atoms with Crippen LogP contribution in [0.4, 0.5) is 5.69 Å². The molecule has 0 radical (unpaired) electrons. The van der Waals surface area contributed by atoms with Crippen LogP contribution in [0.25, 0.3) is 10.1 Å². The summed E-state index contributed by atoms with van der Waals surface area (Å²) in [6.45, 7) is 3.74. The standard InChI is InChI=1S/C31H33N5O3S/c1-17-16-20(39-19-6-4-3-5-7-19)8-9-21(17)31(34)22-10-11-23(32)27-24(22)25(26(33)29(31)37)28(40-27)30(38)35-18-12-14-36(2)15-13-18/h3-11,16,18,26H,12-15,32-34H2,1-2H3,(H,35,38). The van der Waals surface area contributed by atoms with Crippen molar-refractivity contribution < 1.29 is 14.3 Å². The Bertz CT molecular complexity index is 1630. The minimum atomic E-state index is -1.52. The molecule has 4 aromatic rings. The number of piperidine rings is 1. The first kappa shape index (κ1) is 26.5. The molecule has 2 aliphatic rings. The molecule has 2 atom stereocenters. The molecule has 0 spiro atoms. The molecule has 206 valence electrons. The fraction of sp³-hybridized carbons (Fsp3) is 0.290. The molecule has 3 aromatic carbocycles. The topological polar surface area (TPSA) is 137 Å². The summed E-state index contributed by atoms with van der Waals surface area (Å²) in [5, 5.41) is 3.88. The molecule has 8 nitrogen and oxygen atoms in total. The van der Waals surface area contributed by atoms with E-state index in [-0.39, 0.29) is 17.7 Å². The van der Waals surface area contributed by atoms with E-state index < -0.39 is 11.6 Å². The van der Waals surface area contributed by atoms with Gasteiger partial charge < -0.3 is 32.2 Å². The van der Waals surface area contributed by atoms with Crippen molar-refractivity contribution in [3.63, 3.8) is 0 Å². The highest BCUT2D eigenvalue weighted by Gasteiger charge is 2.49. The fourth-order valence-electron chi connectivity index (χ4n) is 6.00. The van der Waals surface area contributed by atoms with Gasteiger partial charge in [0.2, 0.25) is 0 Å². The summed E-state index contributed by atoms with van der Waals surface area (Å²) >= 11 is 1.28. The number of amides is 1. The van der Waals surface area contributed by atoms with Crippen molar-refractivity contribution in [1.82, 2.24) is 10.2 Å². The average Bonchev–Trinajstić information content (AvgIpc) is 3.35. The Morgan fingerprint density at radius 1 is 1.05 bits per heavy atom. The number of carbonyl (C=O) groups excluding carboxylic acids is 2. The molecule has 0 saturated carbocycles. The van der Waals surface area contributed by atoms with Crippen LogP contribution in [0.1, 0.15) is 50.8 Å². The maximum atomic E-state index is 14.1. The van der Waals surface area contributed by atoms with E-state index in [4.69, 9.17) is 21.9 Å². The molecule has 2 heterocycles. The predicted molar refractivity (Wildman–Crippen MR) is 159 cm³/mol. The monoisotopic (exact) mass is 555 g/mol. The molecule has 7 N–H and O–H groups in total. The van der Waals surface area contributed by atoms with Crippen LogP contribution < -0.4 is 27.3 Å². The van der Waals surface area contributed by atoms with Crippen LogP contribution >= 0.6 is 11.3 Å². The molecule has 9 heteroatoms. The molecule has 1 saturated heterocycles. The third-order valence-electron chi connectivity index (χ3n) is 8.17. The van der Waals surface area contributed by atoms with Crippen molar-refractivity contribution >= 4 is 38.8 Å². The molecule has 1 amide bonds. The number of aryl methyl sites for hydroxylation is 1. The quantitative estimate of drug-likeness (QED) is 0.271. The first-order valence-corrected chi connectivity index (χ1v) is 14.3. The molecular formula is C31H33N5O3S. The second-order valence-electron chi connectivity index (χ2n) is 10.8. The van der Waals surface area contributed by atoms with E-state index in [2.05, 4.69) is 17.3 Å². The Morgan fingerprint density at radius 3 is 2.45 bits per heavy atom. The van der Waals surface area contributed by atoms with Crippen molar-refractivity contribution in [2.45, 2.75) is 37.4 Å². The van der Waals surface area contributed by atoms with Gasteiger partial charge in [0.1, 0.15) is 17.0 Å².